The van der Waals surface area contributed by atoms with Gasteiger partial charge in [0.2, 0.25) is 0 Å². The van der Waals surface area contributed by atoms with Crippen LogP contribution in [0.4, 0.5) is 5.69 Å². The molecule has 0 spiro atoms. The van der Waals surface area contributed by atoms with Crippen molar-refractivity contribution in [2.24, 2.45) is 5.92 Å². The number of hydrogen-bond acceptors (Lipinski definition) is 5. The number of H-pyrrole nitrogens is 1. The van der Waals surface area contributed by atoms with E-state index in [1.807, 2.05) is 0 Å². The van der Waals surface area contributed by atoms with E-state index < -0.39 is 28.8 Å². The number of hydrogen-bond donors (Lipinski definition) is 3. The molecule has 102 valence electrons. The van der Waals surface area contributed by atoms with Gasteiger partial charge in [0.05, 0.1) is 30.4 Å². The molecular weight excluding hydrogens is 258 g/mol. The molecule has 1 aromatic rings. The van der Waals surface area contributed by atoms with Crippen molar-refractivity contribution < 1.29 is 24.4 Å². The Morgan fingerprint density at radius 2 is 2.26 bits per heavy atom. The molecule has 1 aliphatic heterocycles. The lowest BCUT2D eigenvalue weighted by molar-refractivity contribution is -0.384. The highest BCUT2D eigenvalue weighted by molar-refractivity contribution is 5.93. The molecule has 1 saturated heterocycles. The Morgan fingerprint density at radius 3 is 2.84 bits per heavy atom. The van der Waals surface area contributed by atoms with E-state index in [1.165, 1.54) is 0 Å². The minimum Gasteiger partial charge on any atom is -0.481 e. The average Bonchev–Trinajstić information content (AvgIpc) is 2.96. The lowest BCUT2D eigenvalue weighted by Gasteiger charge is -2.14. The van der Waals surface area contributed by atoms with Crippen molar-refractivity contribution >= 4 is 17.6 Å². The van der Waals surface area contributed by atoms with Crippen molar-refractivity contribution in [1.29, 1.82) is 0 Å². The summed E-state index contributed by atoms with van der Waals surface area (Å²) < 4.78 is 5.00. The van der Waals surface area contributed by atoms with E-state index in [9.17, 15) is 19.7 Å². The number of ether oxygens (including phenoxy) is 1. The number of carboxylic acids is 1. The molecule has 1 aromatic heterocycles. The second kappa shape index (κ2) is 5.06. The van der Waals surface area contributed by atoms with Crippen LogP contribution in [-0.4, -0.2) is 46.1 Å². The fraction of sp³-hybridized carbons (Fsp3) is 0.400. The SMILES string of the molecule is O=C(NC1COCC1C(=O)O)c1cc([N+](=O)[O-])c[nH]1. The van der Waals surface area contributed by atoms with Crippen molar-refractivity contribution in [1.82, 2.24) is 10.3 Å². The van der Waals surface area contributed by atoms with Crippen LogP contribution in [0.3, 0.4) is 0 Å². The molecule has 0 bridgehead atoms. The fourth-order valence-electron chi connectivity index (χ4n) is 1.81. The number of rotatable bonds is 4. The molecule has 9 nitrogen and oxygen atoms in total. The van der Waals surface area contributed by atoms with E-state index >= 15 is 0 Å². The van der Waals surface area contributed by atoms with E-state index in [-0.39, 0.29) is 24.6 Å². The van der Waals surface area contributed by atoms with Crippen LogP contribution in [-0.2, 0) is 9.53 Å². The van der Waals surface area contributed by atoms with Crippen LogP contribution >= 0.6 is 0 Å². The van der Waals surface area contributed by atoms with Gasteiger partial charge >= 0.3 is 5.97 Å². The molecule has 1 amide bonds. The van der Waals surface area contributed by atoms with Crippen LogP contribution in [0.15, 0.2) is 12.3 Å². The Kier molecular flexibility index (Phi) is 3.47. The van der Waals surface area contributed by atoms with Gasteiger partial charge < -0.3 is 20.1 Å². The number of carbonyl (C=O) groups excluding carboxylic acids is 1. The molecule has 1 fully saturated rings. The second-order valence-corrected chi connectivity index (χ2v) is 4.09. The van der Waals surface area contributed by atoms with Gasteiger partial charge in [-0.1, -0.05) is 0 Å². The maximum Gasteiger partial charge on any atom is 0.311 e. The molecule has 0 aromatic carbocycles. The molecule has 3 N–H and O–H groups in total. The lowest BCUT2D eigenvalue weighted by Crippen LogP contribution is -2.42. The molecular formula is C10H11N3O6. The van der Waals surface area contributed by atoms with Crippen molar-refractivity contribution in [2.45, 2.75) is 6.04 Å². The van der Waals surface area contributed by atoms with Crippen LogP contribution in [0, 0.1) is 16.0 Å². The number of nitrogens with one attached hydrogen (secondary N) is 2. The van der Waals surface area contributed by atoms with Crippen molar-refractivity contribution in [2.75, 3.05) is 13.2 Å². The average molecular weight is 269 g/mol. The number of nitro groups is 1. The fourth-order valence-corrected chi connectivity index (χ4v) is 1.81. The number of aromatic nitrogens is 1. The first-order valence-electron chi connectivity index (χ1n) is 5.43. The largest absolute Gasteiger partial charge is 0.481 e. The molecule has 0 saturated carbocycles. The normalized spacial score (nSPS) is 22.1. The van der Waals surface area contributed by atoms with Gasteiger partial charge in [0.25, 0.3) is 11.6 Å². The van der Waals surface area contributed by atoms with Gasteiger partial charge in [0.1, 0.15) is 11.6 Å². The molecule has 0 radical (unpaired) electrons. The summed E-state index contributed by atoms with van der Waals surface area (Å²) in [6, 6.07) is 0.438. The van der Waals surface area contributed by atoms with Crippen LogP contribution in [0.5, 0.6) is 0 Å². The van der Waals surface area contributed by atoms with E-state index in [4.69, 9.17) is 9.84 Å². The van der Waals surface area contributed by atoms with Crippen LogP contribution in [0.1, 0.15) is 10.5 Å². The summed E-state index contributed by atoms with van der Waals surface area (Å²) in [5.41, 5.74) is -0.231. The molecule has 9 heteroatoms. The van der Waals surface area contributed by atoms with Gasteiger partial charge in [-0.25, -0.2) is 0 Å². The Labute approximate surface area is 106 Å². The summed E-state index contributed by atoms with van der Waals surface area (Å²) >= 11 is 0. The van der Waals surface area contributed by atoms with Crippen molar-refractivity contribution in [3.8, 4) is 0 Å². The van der Waals surface area contributed by atoms with E-state index in [2.05, 4.69) is 10.3 Å². The summed E-state index contributed by atoms with van der Waals surface area (Å²) in [7, 11) is 0. The third kappa shape index (κ3) is 2.71. The summed E-state index contributed by atoms with van der Waals surface area (Å²) in [6.45, 7) is 0.136. The topological polar surface area (TPSA) is 135 Å². The highest BCUT2D eigenvalue weighted by Gasteiger charge is 2.35. The van der Waals surface area contributed by atoms with Crippen LogP contribution in [0.25, 0.3) is 0 Å². The third-order valence-corrected chi connectivity index (χ3v) is 2.84. The molecule has 1 aliphatic rings. The highest BCUT2D eigenvalue weighted by Crippen LogP contribution is 2.16. The second-order valence-electron chi connectivity index (χ2n) is 4.09. The zero-order valence-electron chi connectivity index (χ0n) is 9.66. The maximum absolute atomic E-state index is 11.8. The minimum absolute atomic E-state index is 0.00254. The summed E-state index contributed by atoms with van der Waals surface area (Å²) in [4.78, 5) is 35.0. The van der Waals surface area contributed by atoms with Gasteiger partial charge in [0.15, 0.2) is 0 Å². The summed E-state index contributed by atoms with van der Waals surface area (Å²) in [5.74, 6) is -2.47. The van der Waals surface area contributed by atoms with Gasteiger partial charge in [0, 0.05) is 6.07 Å². The highest BCUT2D eigenvalue weighted by atomic mass is 16.6. The van der Waals surface area contributed by atoms with E-state index in [0.29, 0.717) is 0 Å². The Hall–Kier alpha value is -2.42. The van der Waals surface area contributed by atoms with Gasteiger partial charge in [-0.3, -0.25) is 19.7 Å². The number of aliphatic carboxylic acids is 1. The number of amides is 1. The third-order valence-electron chi connectivity index (χ3n) is 2.84. The molecule has 2 rings (SSSR count). The van der Waals surface area contributed by atoms with Crippen molar-refractivity contribution in [3.63, 3.8) is 0 Å². The molecule has 0 aliphatic carbocycles. The number of nitrogens with zero attached hydrogens (tertiary/aromatic N) is 1. The molecule has 2 heterocycles. The molecule has 2 atom stereocenters. The zero-order chi connectivity index (χ0) is 14.0. The number of carboxylic acid groups (broad SMARTS) is 1. The van der Waals surface area contributed by atoms with Gasteiger partial charge in [-0.05, 0) is 0 Å². The van der Waals surface area contributed by atoms with E-state index in [1.54, 1.807) is 0 Å². The quantitative estimate of drug-likeness (QED) is 0.509. The summed E-state index contributed by atoms with van der Waals surface area (Å²) in [5, 5.41) is 21.9. The monoisotopic (exact) mass is 269 g/mol. The van der Waals surface area contributed by atoms with Crippen molar-refractivity contribution in [3.05, 3.63) is 28.1 Å². The molecule has 19 heavy (non-hydrogen) atoms. The van der Waals surface area contributed by atoms with Crippen LogP contribution in [0.2, 0.25) is 0 Å². The summed E-state index contributed by atoms with van der Waals surface area (Å²) in [6.07, 6.45) is 1.09. The number of aromatic amines is 1. The Morgan fingerprint density at radius 1 is 1.53 bits per heavy atom. The minimum atomic E-state index is -1.06. The predicted molar refractivity (Wildman–Crippen MR) is 60.6 cm³/mol. The van der Waals surface area contributed by atoms with Crippen LogP contribution < -0.4 is 5.32 Å². The zero-order valence-corrected chi connectivity index (χ0v) is 9.66. The molecule has 2 unspecified atom stereocenters. The Balaban J connectivity index is 2.04. The first-order valence-corrected chi connectivity index (χ1v) is 5.43. The predicted octanol–water partition coefficient (Wildman–Crippen LogP) is -0.248. The standard InChI is InChI=1S/C10H11N3O6/c14-9(7-1-5(2-11-7)13(17)18)12-8-4-19-3-6(8)10(15)16/h1-2,6,8,11H,3-4H2,(H,12,14)(H,15,16). The lowest BCUT2D eigenvalue weighted by atomic mass is 10.0. The first-order chi connectivity index (χ1) is 8.99. The maximum atomic E-state index is 11.8. The Bertz CT molecular complexity index is 525. The smallest absolute Gasteiger partial charge is 0.311 e. The van der Waals surface area contributed by atoms with Gasteiger partial charge in [-0.2, -0.15) is 0 Å². The van der Waals surface area contributed by atoms with Gasteiger partial charge in [-0.15, -0.1) is 0 Å². The van der Waals surface area contributed by atoms with E-state index in [0.717, 1.165) is 12.3 Å². The first kappa shape index (κ1) is 13.0. The number of carbonyl (C=O) groups is 2.